The Kier molecular flexibility index (Phi) is 2.73. The number of rotatable bonds is 1. The molecule has 3 heterocycles. The zero-order valence-electron chi connectivity index (χ0n) is 13.8. The van der Waals surface area contributed by atoms with Gasteiger partial charge in [-0.2, -0.15) is 0 Å². The van der Waals surface area contributed by atoms with Crippen LogP contribution in [0.15, 0.2) is 36.7 Å². The number of nitrogens with zero attached hydrogens (tertiary/aromatic N) is 3. The number of hydrogen-bond donors (Lipinski definition) is 1. The van der Waals surface area contributed by atoms with Crippen LogP contribution in [0.1, 0.15) is 31.1 Å². The molecule has 0 spiro atoms. The van der Waals surface area contributed by atoms with Crippen molar-refractivity contribution in [1.82, 2.24) is 4.98 Å². The van der Waals surface area contributed by atoms with Gasteiger partial charge in [-0.25, -0.2) is 0 Å². The molecule has 2 aliphatic rings. The van der Waals surface area contributed by atoms with Gasteiger partial charge in [-0.05, 0) is 49.2 Å². The number of benzene rings is 1. The lowest BCUT2D eigenvalue weighted by Crippen LogP contribution is -2.33. The smallest absolute Gasteiger partial charge is 0.236 e. The van der Waals surface area contributed by atoms with Crippen LogP contribution in [0.3, 0.4) is 0 Å². The first-order valence-corrected chi connectivity index (χ1v) is 7.77. The molecular formula is C18H20N4O. The van der Waals surface area contributed by atoms with Crippen molar-refractivity contribution >= 4 is 23.0 Å². The number of nitrogens with one attached hydrogen (secondary N) is 1. The van der Waals surface area contributed by atoms with Gasteiger partial charge in [0.15, 0.2) is 0 Å². The maximum absolute atomic E-state index is 12.5. The van der Waals surface area contributed by atoms with Gasteiger partial charge in [0, 0.05) is 32.2 Å². The molecule has 5 nitrogen and oxygen atoms in total. The van der Waals surface area contributed by atoms with Gasteiger partial charge in [0.1, 0.15) is 6.17 Å². The monoisotopic (exact) mass is 308 g/mol. The molecule has 118 valence electrons. The van der Waals surface area contributed by atoms with E-state index in [9.17, 15) is 4.79 Å². The fourth-order valence-corrected chi connectivity index (χ4v) is 3.64. The number of amides is 1. The minimum atomic E-state index is -0.478. The summed E-state index contributed by atoms with van der Waals surface area (Å²) in [5.74, 6) is 0.143. The molecule has 1 amide bonds. The Morgan fingerprint density at radius 2 is 1.83 bits per heavy atom. The van der Waals surface area contributed by atoms with Gasteiger partial charge >= 0.3 is 0 Å². The van der Waals surface area contributed by atoms with Gasteiger partial charge in [-0.15, -0.1) is 0 Å². The summed E-state index contributed by atoms with van der Waals surface area (Å²) in [7, 11) is 3.92. The molecule has 0 bridgehead atoms. The van der Waals surface area contributed by atoms with Gasteiger partial charge in [-0.3, -0.25) is 9.78 Å². The number of carbonyl (C=O) groups is 1. The second-order valence-corrected chi connectivity index (χ2v) is 6.81. The topological polar surface area (TPSA) is 48.5 Å². The Morgan fingerprint density at radius 1 is 1.13 bits per heavy atom. The average Bonchev–Trinajstić information content (AvgIpc) is 2.96. The Hall–Kier alpha value is -2.56. The van der Waals surface area contributed by atoms with E-state index in [4.69, 9.17) is 0 Å². The number of likely N-dealkylation sites (N-methyl/N-ethyl adjacent to an activating group) is 1. The molecule has 4 rings (SSSR count). The standard InChI is InChI=1S/C18H20N4O/c1-18(2)12-9-13-15(10-14(12)22(4)17(18)23)21(3)16(20-13)11-5-7-19-8-6-11/h5-10,16,20H,1-4H3. The largest absolute Gasteiger partial charge is 0.360 e. The molecule has 1 aromatic carbocycles. The van der Waals surface area contributed by atoms with Crippen LogP contribution in [0.4, 0.5) is 17.1 Å². The van der Waals surface area contributed by atoms with Crippen molar-refractivity contribution in [3.63, 3.8) is 0 Å². The highest BCUT2D eigenvalue weighted by atomic mass is 16.2. The van der Waals surface area contributed by atoms with Crippen molar-refractivity contribution in [2.75, 3.05) is 29.2 Å². The Labute approximate surface area is 135 Å². The van der Waals surface area contributed by atoms with Crippen LogP contribution >= 0.6 is 0 Å². The number of pyridine rings is 1. The quantitative estimate of drug-likeness (QED) is 0.880. The van der Waals surface area contributed by atoms with Gasteiger partial charge in [-0.1, -0.05) is 0 Å². The Bertz CT molecular complexity index is 800. The highest BCUT2D eigenvalue weighted by molar-refractivity contribution is 6.08. The van der Waals surface area contributed by atoms with E-state index in [1.165, 1.54) is 5.56 Å². The number of carbonyl (C=O) groups excluding carboxylic acids is 1. The lowest BCUT2D eigenvalue weighted by molar-refractivity contribution is -0.121. The molecule has 0 saturated heterocycles. The zero-order chi connectivity index (χ0) is 16.4. The van der Waals surface area contributed by atoms with Crippen LogP contribution in [0.25, 0.3) is 0 Å². The van der Waals surface area contributed by atoms with Gasteiger partial charge in [0.05, 0.1) is 16.8 Å². The Morgan fingerprint density at radius 3 is 2.52 bits per heavy atom. The minimum Gasteiger partial charge on any atom is -0.360 e. The number of aromatic nitrogens is 1. The molecule has 0 aliphatic carbocycles. The molecule has 1 unspecified atom stereocenters. The van der Waals surface area contributed by atoms with E-state index in [-0.39, 0.29) is 12.1 Å². The van der Waals surface area contributed by atoms with Crippen LogP contribution in [-0.2, 0) is 10.2 Å². The van der Waals surface area contributed by atoms with E-state index in [1.54, 1.807) is 4.90 Å². The summed E-state index contributed by atoms with van der Waals surface area (Å²) in [5, 5.41) is 3.57. The van der Waals surface area contributed by atoms with Crippen molar-refractivity contribution < 1.29 is 4.79 Å². The molecule has 0 saturated carbocycles. The summed E-state index contributed by atoms with van der Waals surface area (Å²) in [4.78, 5) is 20.5. The molecule has 1 N–H and O–H groups in total. The molecule has 23 heavy (non-hydrogen) atoms. The summed E-state index contributed by atoms with van der Waals surface area (Å²) in [6.45, 7) is 3.98. The number of fused-ring (bicyclic) bond motifs is 2. The molecule has 1 atom stereocenters. The van der Waals surface area contributed by atoms with E-state index < -0.39 is 5.41 Å². The number of hydrogen-bond acceptors (Lipinski definition) is 4. The van der Waals surface area contributed by atoms with Crippen LogP contribution in [-0.4, -0.2) is 25.0 Å². The second-order valence-electron chi connectivity index (χ2n) is 6.81. The first-order valence-electron chi connectivity index (χ1n) is 7.77. The minimum absolute atomic E-state index is 0.0830. The van der Waals surface area contributed by atoms with Crippen LogP contribution in [0, 0.1) is 0 Å². The first kappa shape index (κ1) is 14.1. The molecule has 2 aromatic rings. The molecular weight excluding hydrogens is 288 g/mol. The van der Waals surface area contributed by atoms with E-state index >= 15 is 0 Å². The summed E-state index contributed by atoms with van der Waals surface area (Å²) in [6, 6.07) is 8.29. The van der Waals surface area contributed by atoms with E-state index in [0.29, 0.717) is 0 Å². The van der Waals surface area contributed by atoms with E-state index in [2.05, 4.69) is 34.4 Å². The lowest BCUT2D eigenvalue weighted by atomic mass is 9.86. The third kappa shape index (κ3) is 1.79. The summed E-state index contributed by atoms with van der Waals surface area (Å²) in [6.07, 6.45) is 3.70. The lowest BCUT2D eigenvalue weighted by Gasteiger charge is -2.22. The molecule has 0 fully saturated rings. The Balaban J connectivity index is 1.80. The van der Waals surface area contributed by atoms with Crippen molar-refractivity contribution in [2.24, 2.45) is 0 Å². The third-order valence-corrected chi connectivity index (χ3v) is 5.07. The fourth-order valence-electron chi connectivity index (χ4n) is 3.64. The first-order chi connectivity index (χ1) is 10.9. The SMILES string of the molecule is CN1C(=O)C(C)(C)c2cc3c(cc21)N(C)C(c1ccncc1)N3. The summed E-state index contributed by atoms with van der Waals surface area (Å²) in [5.41, 5.74) is 4.96. The normalized spacial score (nSPS) is 21.2. The van der Waals surface area contributed by atoms with Crippen LogP contribution < -0.4 is 15.1 Å². The molecule has 0 radical (unpaired) electrons. The third-order valence-electron chi connectivity index (χ3n) is 5.07. The second kappa shape index (κ2) is 4.47. The maximum atomic E-state index is 12.5. The van der Waals surface area contributed by atoms with Gasteiger partial charge < -0.3 is 15.1 Å². The highest BCUT2D eigenvalue weighted by Gasteiger charge is 2.44. The summed E-state index contributed by atoms with van der Waals surface area (Å²) < 4.78 is 0. The van der Waals surface area contributed by atoms with Crippen LogP contribution in [0.5, 0.6) is 0 Å². The number of anilines is 3. The molecule has 5 heteroatoms. The maximum Gasteiger partial charge on any atom is 0.236 e. The van der Waals surface area contributed by atoms with Crippen molar-refractivity contribution in [1.29, 1.82) is 0 Å². The predicted molar refractivity (Wildman–Crippen MR) is 91.9 cm³/mol. The zero-order valence-corrected chi connectivity index (χ0v) is 13.8. The summed E-state index contributed by atoms with van der Waals surface area (Å²) >= 11 is 0. The highest BCUT2D eigenvalue weighted by Crippen LogP contribution is 2.49. The fraction of sp³-hybridized carbons (Fsp3) is 0.333. The van der Waals surface area contributed by atoms with Crippen LogP contribution in [0.2, 0.25) is 0 Å². The molecule has 2 aliphatic heterocycles. The van der Waals surface area contributed by atoms with Crippen molar-refractivity contribution in [2.45, 2.75) is 25.4 Å². The van der Waals surface area contributed by atoms with E-state index in [1.807, 2.05) is 45.4 Å². The van der Waals surface area contributed by atoms with Gasteiger partial charge in [0.25, 0.3) is 0 Å². The van der Waals surface area contributed by atoms with Crippen molar-refractivity contribution in [3.8, 4) is 0 Å². The van der Waals surface area contributed by atoms with E-state index in [0.717, 1.165) is 22.6 Å². The van der Waals surface area contributed by atoms with Gasteiger partial charge in [0.2, 0.25) is 5.91 Å². The molecule has 1 aromatic heterocycles. The van der Waals surface area contributed by atoms with Crippen molar-refractivity contribution in [3.05, 3.63) is 47.8 Å². The predicted octanol–water partition coefficient (Wildman–Crippen LogP) is 2.90. The average molecular weight is 308 g/mol.